The van der Waals surface area contributed by atoms with Crippen LogP contribution < -0.4 is 0 Å². The van der Waals surface area contributed by atoms with E-state index < -0.39 is 0 Å². The van der Waals surface area contributed by atoms with E-state index in [-0.39, 0.29) is 0 Å². The maximum absolute atomic E-state index is 5.73. The zero-order valence-electron chi connectivity index (χ0n) is 21.7. The Balaban J connectivity index is 1.82. The van der Waals surface area contributed by atoms with E-state index in [2.05, 4.69) is 25.7 Å². The van der Waals surface area contributed by atoms with Gasteiger partial charge in [0.05, 0.1) is 0 Å². The maximum atomic E-state index is 5.73. The van der Waals surface area contributed by atoms with Gasteiger partial charge in [-0.1, -0.05) is 90.9 Å². The smallest absolute Gasteiger partial charge is 0.146 e. The van der Waals surface area contributed by atoms with E-state index >= 15 is 0 Å². The minimum atomic E-state index is 0.490. The van der Waals surface area contributed by atoms with E-state index in [0.29, 0.717) is 6.79 Å². The summed E-state index contributed by atoms with van der Waals surface area (Å²) in [6.07, 6.45) is 24.5. The third-order valence-electron chi connectivity index (χ3n) is 7.17. The highest BCUT2D eigenvalue weighted by atomic mass is 16.7. The molecule has 0 aliphatic carbocycles. The van der Waals surface area contributed by atoms with Gasteiger partial charge in [0.1, 0.15) is 6.79 Å². The standard InChI is InChI=1S/C28H57NO2/c1-4-6-12-19-28(20-13-7-5-2)21-17-25-31-26-30-24-15-11-9-8-10-14-22-29-23-16-18-27(29)3/h27-28H,4-26H2,1-3H3/t27-/m1/s1. The Morgan fingerprint density at radius 3 is 1.90 bits per heavy atom. The highest BCUT2D eigenvalue weighted by Crippen LogP contribution is 2.22. The average molecular weight is 440 g/mol. The van der Waals surface area contributed by atoms with Gasteiger partial charge in [-0.3, -0.25) is 0 Å². The SMILES string of the molecule is CCCCCC(CCCCC)CCCOCOCCCCCCCCN1CCC[C@H]1C. The molecule has 1 heterocycles. The van der Waals surface area contributed by atoms with Crippen LogP contribution in [0.4, 0.5) is 0 Å². The van der Waals surface area contributed by atoms with Gasteiger partial charge in [0.25, 0.3) is 0 Å². The zero-order chi connectivity index (χ0) is 22.4. The van der Waals surface area contributed by atoms with Crippen molar-refractivity contribution in [2.45, 2.75) is 142 Å². The summed E-state index contributed by atoms with van der Waals surface area (Å²) in [5.41, 5.74) is 0. The fourth-order valence-electron chi connectivity index (χ4n) is 5.00. The van der Waals surface area contributed by atoms with E-state index in [9.17, 15) is 0 Å². The van der Waals surface area contributed by atoms with E-state index in [1.165, 1.54) is 129 Å². The molecule has 0 aromatic rings. The molecule has 31 heavy (non-hydrogen) atoms. The minimum absolute atomic E-state index is 0.490. The Morgan fingerprint density at radius 1 is 0.710 bits per heavy atom. The van der Waals surface area contributed by atoms with Crippen LogP contribution in [0.1, 0.15) is 136 Å². The Morgan fingerprint density at radius 2 is 1.29 bits per heavy atom. The summed E-state index contributed by atoms with van der Waals surface area (Å²) in [7, 11) is 0. The number of ether oxygens (including phenoxy) is 2. The van der Waals surface area contributed by atoms with E-state index in [0.717, 1.165) is 25.2 Å². The predicted molar refractivity (Wildman–Crippen MR) is 136 cm³/mol. The Bertz CT molecular complexity index is 353. The molecular formula is C28H57NO2. The molecule has 1 atom stereocenters. The molecule has 0 N–H and O–H groups in total. The van der Waals surface area contributed by atoms with Crippen molar-refractivity contribution in [3.63, 3.8) is 0 Å². The average Bonchev–Trinajstić information content (AvgIpc) is 3.18. The molecule has 1 saturated heterocycles. The first-order chi connectivity index (χ1) is 15.3. The fourth-order valence-corrected chi connectivity index (χ4v) is 5.00. The molecule has 186 valence electrons. The second-order valence-corrected chi connectivity index (χ2v) is 10.1. The van der Waals surface area contributed by atoms with Gasteiger partial charge in [0.15, 0.2) is 0 Å². The monoisotopic (exact) mass is 439 g/mol. The van der Waals surface area contributed by atoms with Crippen molar-refractivity contribution < 1.29 is 9.47 Å². The largest absolute Gasteiger partial charge is 0.355 e. The molecule has 1 aliphatic rings. The lowest BCUT2D eigenvalue weighted by Crippen LogP contribution is -2.27. The molecule has 0 radical (unpaired) electrons. The molecular weight excluding hydrogens is 382 g/mol. The lowest BCUT2D eigenvalue weighted by molar-refractivity contribution is -0.0562. The van der Waals surface area contributed by atoms with Crippen molar-refractivity contribution in [3.8, 4) is 0 Å². The van der Waals surface area contributed by atoms with Crippen LogP contribution in [-0.2, 0) is 9.47 Å². The topological polar surface area (TPSA) is 21.7 Å². The third-order valence-corrected chi connectivity index (χ3v) is 7.17. The summed E-state index contributed by atoms with van der Waals surface area (Å²) in [6, 6.07) is 0.831. The number of hydrogen-bond donors (Lipinski definition) is 0. The van der Waals surface area contributed by atoms with Gasteiger partial charge < -0.3 is 14.4 Å². The van der Waals surface area contributed by atoms with Gasteiger partial charge in [-0.15, -0.1) is 0 Å². The van der Waals surface area contributed by atoms with Crippen LogP contribution in [0.3, 0.4) is 0 Å². The van der Waals surface area contributed by atoms with Gasteiger partial charge in [0, 0.05) is 19.3 Å². The predicted octanol–water partition coefficient (Wildman–Crippen LogP) is 8.36. The molecule has 3 heteroatoms. The van der Waals surface area contributed by atoms with Crippen molar-refractivity contribution in [2.75, 3.05) is 33.1 Å². The van der Waals surface area contributed by atoms with Gasteiger partial charge >= 0.3 is 0 Å². The quantitative estimate of drug-likeness (QED) is 0.118. The number of rotatable bonds is 23. The molecule has 0 saturated carbocycles. The van der Waals surface area contributed by atoms with Crippen LogP contribution >= 0.6 is 0 Å². The molecule has 1 aliphatic heterocycles. The van der Waals surface area contributed by atoms with Gasteiger partial charge in [-0.25, -0.2) is 0 Å². The molecule has 0 bridgehead atoms. The lowest BCUT2D eigenvalue weighted by atomic mass is 9.91. The fraction of sp³-hybridized carbons (Fsp3) is 1.00. The van der Waals surface area contributed by atoms with E-state index in [1.807, 2.05) is 0 Å². The maximum Gasteiger partial charge on any atom is 0.146 e. The van der Waals surface area contributed by atoms with Crippen LogP contribution in [0.5, 0.6) is 0 Å². The summed E-state index contributed by atoms with van der Waals surface area (Å²) >= 11 is 0. The minimum Gasteiger partial charge on any atom is -0.355 e. The zero-order valence-corrected chi connectivity index (χ0v) is 21.7. The third kappa shape index (κ3) is 17.1. The first kappa shape index (κ1) is 28.9. The molecule has 3 nitrogen and oxygen atoms in total. The number of hydrogen-bond acceptors (Lipinski definition) is 3. The van der Waals surface area contributed by atoms with Crippen LogP contribution in [0.25, 0.3) is 0 Å². The summed E-state index contributed by atoms with van der Waals surface area (Å²) in [5, 5.41) is 0. The van der Waals surface area contributed by atoms with Crippen molar-refractivity contribution in [1.82, 2.24) is 4.90 Å². The van der Waals surface area contributed by atoms with Gasteiger partial charge in [-0.05, 0) is 64.5 Å². The summed E-state index contributed by atoms with van der Waals surface area (Å²) in [4.78, 5) is 2.67. The Kier molecular flexibility index (Phi) is 20.2. The van der Waals surface area contributed by atoms with Crippen LogP contribution in [0.2, 0.25) is 0 Å². The molecule has 0 aromatic carbocycles. The van der Waals surface area contributed by atoms with Crippen molar-refractivity contribution in [1.29, 1.82) is 0 Å². The van der Waals surface area contributed by atoms with E-state index in [4.69, 9.17) is 9.47 Å². The molecule has 0 spiro atoms. The van der Waals surface area contributed by atoms with Crippen LogP contribution in [0, 0.1) is 5.92 Å². The van der Waals surface area contributed by atoms with Crippen molar-refractivity contribution >= 4 is 0 Å². The second kappa shape index (κ2) is 21.7. The van der Waals surface area contributed by atoms with Gasteiger partial charge in [0.2, 0.25) is 0 Å². The Hall–Kier alpha value is -0.120. The summed E-state index contributed by atoms with van der Waals surface area (Å²) < 4.78 is 11.4. The molecule has 0 amide bonds. The first-order valence-electron chi connectivity index (χ1n) is 14.2. The highest BCUT2D eigenvalue weighted by molar-refractivity contribution is 4.74. The number of likely N-dealkylation sites (tertiary alicyclic amines) is 1. The number of nitrogens with zero attached hydrogens (tertiary/aromatic N) is 1. The number of unbranched alkanes of at least 4 members (excludes halogenated alkanes) is 9. The van der Waals surface area contributed by atoms with Gasteiger partial charge in [-0.2, -0.15) is 0 Å². The van der Waals surface area contributed by atoms with Crippen molar-refractivity contribution in [3.05, 3.63) is 0 Å². The second-order valence-electron chi connectivity index (χ2n) is 10.1. The molecule has 0 unspecified atom stereocenters. The summed E-state index contributed by atoms with van der Waals surface area (Å²) in [6.45, 7) is 11.9. The molecule has 0 aromatic heterocycles. The highest BCUT2D eigenvalue weighted by Gasteiger charge is 2.18. The molecule has 1 rings (SSSR count). The lowest BCUT2D eigenvalue weighted by Gasteiger charge is -2.20. The first-order valence-corrected chi connectivity index (χ1v) is 14.2. The normalized spacial score (nSPS) is 17.2. The molecule has 1 fully saturated rings. The Labute approximate surface area is 196 Å². The van der Waals surface area contributed by atoms with Crippen molar-refractivity contribution in [2.24, 2.45) is 5.92 Å². The van der Waals surface area contributed by atoms with E-state index in [1.54, 1.807) is 0 Å². The summed E-state index contributed by atoms with van der Waals surface area (Å²) in [5.74, 6) is 0.918. The van der Waals surface area contributed by atoms with Crippen LogP contribution in [-0.4, -0.2) is 44.0 Å². The van der Waals surface area contributed by atoms with Crippen LogP contribution in [0.15, 0.2) is 0 Å².